The molecule has 1 aromatic heterocycles. The minimum Gasteiger partial charge on any atom is -0.465 e. The number of alkyl halides is 1. The molecule has 172 valence electrons. The van der Waals surface area contributed by atoms with Crippen LogP contribution in [0.25, 0.3) is 11.0 Å². The van der Waals surface area contributed by atoms with Gasteiger partial charge in [-0.15, -0.1) is 0 Å². The van der Waals surface area contributed by atoms with Crippen molar-refractivity contribution in [2.45, 2.75) is 52.7 Å². The highest BCUT2D eigenvalue weighted by molar-refractivity contribution is 6.04. The van der Waals surface area contributed by atoms with Crippen molar-refractivity contribution in [2.75, 3.05) is 31.8 Å². The molecule has 0 N–H and O–H groups in total. The second kappa shape index (κ2) is 10.6. The predicted molar refractivity (Wildman–Crippen MR) is 116 cm³/mol. The van der Waals surface area contributed by atoms with Gasteiger partial charge in [0, 0.05) is 13.7 Å². The van der Waals surface area contributed by atoms with Gasteiger partial charge in [-0.25, -0.2) is 19.0 Å². The summed E-state index contributed by atoms with van der Waals surface area (Å²) >= 11 is 0. The van der Waals surface area contributed by atoms with Gasteiger partial charge < -0.3 is 18.8 Å². The molecule has 1 heterocycles. The Hall–Kier alpha value is -2.68. The largest absolute Gasteiger partial charge is 0.465 e. The number of anilines is 1. The Labute approximate surface area is 182 Å². The number of esters is 1. The lowest BCUT2D eigenvalue weighted by atomic mass is 10.1. The van der Waals surface area contributed by atoms with Crippen molar-refractivity contribution < 1.29 is 28.2 Å². The van der Waals surface area contributed by atoms with Crippen molar-refractivity contribution >= 4 is 28.8 Å². The number of hydrogen-bond acceptors (Lipinski definition) is 6. The highest BCUT2D eigenvalue weighted by Crippen LogP contribution is 2.31. The number of carbonyl (C=O) groups excluding carboxylic acids is 2. The van der Waals surface area contributed by atoms with Gasteiger partial charge in [-0.05, 0) is 39.3 Å². The Bertz CT molecular complexity index is 920. The smallest absolute Gasteiger partial charge is 0.414 e. The van der Waals surface area contributed by atoms with Gasteiger partial charge in [-0.1, -0.05) is 13.3 Å². The Balaban J connectivity index is 2.59. The van der Waals surface area contributed by atoms with E-state index in [9.17, 15) is 14.0 Å². The summed E-state index contributed by atoms with van der Waals surface area (Å²) in [4.78, 5) is 30.9. The fraction of sp³-hybridized carbons (Fsp3) is 0.591. The monoisotopic (exact) mass is 437 g/mol. The number of hydrogen-bond donors (Lipinski definition) is 0. The van der Waals surface area contributed by atoms with Gasteiger partial charge in [0.15, 0.2) is 0 Å². The summed E-state index contributed by atoms with van der Waals surface area (Å²) in [5.41, 5.74) is 0.773. The molecule has 0 spiro atoms. The third-order valence-electron chi connectivity index (χ3n) is 4.57. The van der Waals surface area contributed by atoms with E-state index in [2.05, 4.69) is 11.9 Å². The number of halogens is 1. The third kappa shape index (κ3) is 6.16. The molecule has 0 atom stereocenters. The minimum absolute atomic E-state index is 0.221. The molecular formula is C22H32FN3O5. The summed E-state index contributed by atoms with van der Waals surface area (Å²) in [6.07, 6.45) is 1.23. The molecular weight excluding hydrogens is 405 g/mol. The molecule has 2 aromatic rings. The quantitative estimate of drug-likeness (QED) is 0.427. The van der Waals surface area contributed by atoms with Crippen LogP contribution in [0.5, 0.6) is 0 Å². The number of benzene rings is 1. The van der Waals surface area contributed by atoms with Crippen LogP contribution in [-0.2, 0) is 27.9 Å². The van der Waals surface area contributed by atoms with Crippen LogP contribution >= 0.6 is 0 Å². The van der Waals surface area contributed by atoms with Gasteiger partial charge in [0.1, 0.15) is 30.2 Å². The normalized spacial score (nSPS) is 11.6. The lowest BCUT2D eigenvalue weighted by molar-refractivity contribution is 0.0571. The van der Waals surface area contributed by atoms with E-state index in [1.54, 1.807) is 38.5 Å². The topological polar surface area (TPSA) is 82.9 Å². The molecule has 0 aliphatic rings. The number of carbonyl (C=O) groups is 2. The zero-order valence-electron chi connectivity index (χ0n) is 19.2. The standard InChI is InChI=1S/C22H32FN3O5/c1-7-8-11-30-14-18-24-19-16(25(18)5)12-15(20(27)29-6)13-17(19)26(10-9-23)21(28)31-22(2,3)4/h12-13H,7-11,14H2,1-6H3. The SMILES string of the molecule is CCCCOCc1nc2c(N(CCF)C(=O)OC(C)(C)C)cc(C(=O)OC)cc2n1C. The Kier molecular flexibility index (Phi) is 8.38. The van der Waals surface area contributed by atoms with Gasteiger partial charge in [0.2, 0.25) is 0 Å². The molecule has 9 heteroatoms. The molecule has 0 radical (unpaired) electrons. The molecule has 0 aliphatic heterocycles. The number of unbranched alkanes of at least 4 members (excludes halogenated alkanes) is 1. The Morgan fingerprint density at radius 2 is 1.97 bits per heavy atom. The molecule has 0 aliphatic carbocycles. The van der Waals surface area contributed by atoms with Crippen LogP contribution in [0.15, 0.2) is 12.1 Å². The molecule has 0 saturated carbocycles. The predicted octanol–water partition coefficient (Wildman–Crippen LogP) is 4.39. The van der Waals surface area contributed by atoms with Gasteiger partial charge in [0.25, 0.3) is 0 Å². The van der Waals surface area contributed by atoms with Gasteiger partial charge in [-0.2, -0.15) is 0 Å². The first kappa shape index (κ1) is 24.6. The molecule has 1 aromatic carbocycles. The van der Waals surface area contributed by atoms with Crippen LogP contribution in [0.2, 0.25) is 0 Å². The van der Waals surface area contributed by atoms with Crippen LogP contribution < -0.4 is 4.90 Å². The van der Waals surface area contributed by atoms with E-state index in [0.717, 1.165) is 17.7 Å². The second-order valence-electron chi connectivity index (χ2n) is 8.17. The average molecular weight is 438 g/mol. The average Bonchev–Trinajstić information content (AvgIpc) is 3.02. The second-order valence-corrected chi connectivity index (χ2v) is 8.17. The zero-order chi connectivity index (χ0) is 23.2. The first-order valence-corrected chi connectivity index (χ1v) is 10.3. The molecule has 8 nitrogen and oxygen atoms in total. The van der Waals surface area contributed by atoms with Crippen molar-refractivity contribution in [3.05, 3.63) is 23.5 Å². The number of rotatable bonds is 9. The molecule has 0 fully saturated rings. The van der Waals surface area contributed by atoms with E-state index in [0.29, 0.717) is 23.5 Å². The van der Waals surface area contributed by atoms with Crippen molar-refractivity contribution in [3.63, 3.8) is 0 Å². The van der Waals surface area contributed by atoms with E-state index >= 15 is 0 Å². The number of aryl methyl sites for hydroxylation is 1. The summed E-state index contributed by atoms with van der Waals surface area (Å²) in [5.74, 6) is 0.0493. The molecule has 0 unspecified atom stereocenters. The lowest BCUT2D eigenvalue weighted by Crippen LogP contribution is -2.38. The van der Waals surface area contributed by atoms with E-state index in [4.69, 9.17) is 14.2 Å². The molecule has 0 saturated heterocycles. The maximum atomic E-state index is 13.4. The number of nitrogens with zero attached hydrogens (tertiary/aromatic N) is 3. The summed E-state index contributed by atoms with van der Waals surface area (Å²) in [6.45, 7) is 7.10. The van der Waals surface area contributed by atoms with Crippen LogP contribution in [0.1, 0.15) is 56.7 Å². The van der Waals surface area contributed by atoms with E-state index in [-0.39, 0.29) is 24.4 Å². The van der Waals surface area contributed by atoms with Crippen LogP contribution in [0, 0.1) is 0 Å². The van der Waals surface area contributed by atoms with E-state index < -0.39 is 24.3 Å². The van der Waals surface area contributed by atoms with Crippen LogP contribution in [-0.4, -0.2) is 54.2 Å². The Morgan fingerprint density at radius 1 is 1.26 bits per heavy atom. The van der Waals surface area contributed by atoms with E-state index in [1.165, 1.54) is 13.2 Å². The summed E-state index contributed by atoms with van der Waals surface area (Å²) in [6, 6.07) is 3.11. The van der Waals surface area contributed by atoms with Crippen molar-refractivity contribution in [2.24, 2.45) is 7.05 Å². The number of imidazole rings is 1. The summed E-state index contributed by atoms with van der Waals surface area (Å²) in [5, 5.41) is 0. The maximum Gasteiger partial charge on any atom is 0.414 e. The van der Waals surface area contributed by atoms with E-state index in [1.807, 2.05) is 0 Å². The minimum atomic E-state index is -0.789. The molecule has 31 heavy (non-hydrogen) atoms. The highest BCUT2D eigenvalue weighted by atomic mass is 19.1. The zero-order valence-corrected chi connectivity index (χ0v) is 19.2. The van der Waals surface area contributed by atoms with Crippen LogP contribution in [0.4, 0.5) is 14.9 Å². The maximum absolute atomic E-state index is 13.4. The highest BCUT2D eigenvalue weighted by Gasteiger charge is 2.27. The summed E-state index contributed by atoms with van der Waals surface area (Å²) < 4.78 is 31.2. The van der Waals surface area contributed by atoms with Crippen molar-refractivity contribution in [1.82, 2.24) is 9.55 Å². The van der Waals surface area contributed by atoms with Gasteiger partial charge in [0.05, 0.1) is 30.4 Å². The van der Waals surface area contributed by atoms with Gasteiger partial charge in [-0.3, -0.25) is 4.90 Å². The van der Waals surface area contributed by atoms with Crippen molar-refractivity contribution in [1.29, 1.82) is 0 Å². The fourth-order valence-electron chi connectivity index (χ4n) is 3.01. The number of methoxy groups -OCH3 is 1. The van der Waals surface area contributed by atoms with Crippen molar-refractivity contribution in [3.8, 4) is 0 Å². The summed E-state index contributed by atoms with van der Waals surface area (Å²) in [7, 11) is 3.07. The number of aromatic nitrogens is 2. The van der Waals surface area contributed by atoms with Crippen LogP contribution in [0.3, 0.4) is 0 Å². The third-order valence-corrected chi connectivity index (χ3v) is 4.57. The Morgan fingerprint density at radius 3 is 2.55 bits per heavy atom. The number of amides is 1. The fourth-order valence-corrected chi connectivity index (χ4v) is 3.01. The lowest BCUT2D eigenvalue weighted by Gasteiger charge is -2.27. The molecule has 2 rings (SSSR count). The number of fused-ring (bicyclic) bond motifs is 1. The van der Waals surface area contributed by atoms with Gasteiger partial charge >= 0.3 is 12.1 Å². The molecule has 1 amide bonds. The first-order valence-electron chi connectivity index (χ1n) is 10.3. The number of ether oxygens (including phenoxy) is 3. The molecule has 0 bridgehead atoms. The first-order chi connectivity index (χ1) is 14.6.